The highest BCUT2D eigenvalue weighted by Gasteiger charge is 2.21. The van der Waals surface area contributed by atoms with Gasteiger partial charge < -0.3 is 15.2 Å². The molecule has 1 atom stereocenters. The minimum absolute atomic E-state index is 0.0136. The Morgan fingerprint density at radius 2 is 2.11 bits per heavy atom. The second-order valence-electron chi connectivity index (χ2n) is 5.42. The Bertz CT molecular complexity index is 454. The van der Waals surface area contributed by atoms with Gasteiger partial charge in [0.05, 0.1) is 17.9 Å². The number of carbonyl (C=O) groups is 1. The predicted octanol–water partition coefficient (Wildman–Crippen LogP) is 3.20. The predicted molar refractivity (Wildman–Crippen MR) is 79.5 cm³/mol. The second kappa shape index (κ2) is 6.39. The SMILES string of the molecule is CC(CO)Nc1cc(Br)ccc1C(=O)OC(C)(C)C. The van der Waals surface area contributed by atoms with Crippen LogP contribution in [-0.2, 0) is 4.74 Å². The van der Waals surface area contributed by atoms with E-state index in [9.17, 15) is 4.79 Å². The van der Waals surface area contributed by atoms with E-state index in [4.69, 9.17) is 9.84 Å². The average Bonchev–Trinajstić information content (AvgIpc) is 2.26. The number of aliphatic hydroxyl groups excluding tert-OH is 1. The van der Waals surface area contributed by atoms with Crippen LogP contribution in [0.2, 0.25) is 0 Å². The van der Waals surface area contributed by atoms with E-state index in [1.54, 1.807) is 18.2 Å². The Morgan fingerprint density at radius 3 is 2.63 bits per heavy atom. The maximum atomic E-state index is 12.1. The van der Waals surface area contributed by atoms with Crippen molar-refractivity contribution in [2.24, 2.45) is 0 Å². The summed E-state index contributed by atoms with van der Waals surface area (Å²) in [4.78, 5) is 12.1. The fourth-order valence-corrected chi connectivity index (χ4v) is 1.82. The number of carbonyl (C=O) groups excluding carboxylic acids is 1. The van der Waals surface area contributed by atoms with Crippen molar-refractivity contribution in [1.82, 2.24) is 0 Å². The molecule has 0 spiro atoms. The Labute approximate surface area is 122 Å². The monoisotopic (exact) mass is 329 g/mol. The van der Waals surface area contributed by atoms with E-state index < -0.39 is 5.60 Å². The average molecular weight is 330 g/mol. The zero-order valence-corrected chi connectivity index (χ0v) is 13.2. The van der Waals surface area contributed by atoms with Gasteiger partial charge in [-0.1, -0.05) is 15.9 Å². The molecule has 5 heteroatoms. The molecule has 0 amide bonds. The van der Waals surface area contributed by atoms with Crippen LogP contribution >= 0.6 is 15.9 Å². The van der Waals surface area contributed by atoms with Crippen LogP contribution in [0.4, 0.5) is 5.69 Å². The van der Waals surface area contributed by atoms with Crippen LogP contribution in [0.3, 0.4) is 0 Å². The van der Waals surface area contributed by atoms with Gasteiger partial charge in [-0.3, -0.25) is 0 Å². The van der Waals surface area contributed by atoms with Crippen molar-refractivity contribution in [3.05, 3.63) is 28.2 Å². The van der Waals surface area contributed by atoms with Crippen molar-refractivity contribution in [3.8, 4) is 0 Å². The number of hydrogen-bond donors (Lipinski definition) is 2. The molecule has 1 aromatic carbocycles. The lowest BCUT2D eigenvalue weighted by atomic mass is 10.1. The van der Waals surface area contributed by atoms with Crippen molar-refractivity contribution in [2.75, 3.05) is 11.9 Å². The third-order valence-corrected chi connectivity index (χ3v) is 2.77. The highest BCUT2D eigenvalue weighted by atomic mass is 79.9. The molecule has 0 aliphatic heterocycles. The lowest BCUT2D eigenvalue weighted by Gasteiger charge is -2.22. The van der Waals surface area contributed by atoms with E-state index in [0.29, 0.717) is 11.3 Å². The molecule has 106 valence electrons. The minimum atomic E-state index is -0.538. The molecule has 0 saturated carbocycles. The summed E-state index contributed by atoms with van der Waals surface area (Å²) in [5.41, 5.74) is 0.563. The van der Waals surface area contributed by atoms with Crippen molar-refractivity contribution < 1.29 is 14.6 Å². The number of hydrogen-bond acceptors (Lipinski definition) is 4. The van der Waals surface area contributed by atoms with E-state index in [0.717, 1.165) is 4.47 Å². The molecule has 0 bridgehead atoms. The summed E-state index contributed by atoms with van der Waals surface area (Å²) in [7, 11) is 0. The zero-order chi connectivity index (χ0) is 14.6. The van der Waals surface area contributed by atoms with E-state index in [1.165, 1.54) is 0 Å². The number of esters is 1. The Balaban J connectivity index is 3.02. The number of nitrogens with one attached hydrogen (secondary N) is 1. The molecule has 0 fully saturated rings. The Kier molecular flexibility index (Phi) is 5.38. The van der Waals surface area contributed by atoms with Gasteiger partial charge in [0.15, 0.2) is 0 Å². The molecule has 19 heavy (non-hydrogen) atoms. The lowest BCUT2D eigenvalue weighted by molar-refractivity contribution is 0.00706. The molecule has 1 rings (SSSR count). The van der Waals surface area contributed by atoms with E-state index in [-0.39, 0.29) is 18.6 Å². The second-order valence-corrected chi connectivity index (χ2v) is 6.34. The summed E-state index contributed by atoms with van der Waals surface area (Å²) in [5, 5.41) is 12.2. The molecule has 0 heterocycles. The molecule has 1 aromatic rings. The van der Waals surface area contributed by atoms with Crippen molar-refractivity contribution in [3.63, 3.8) is 0 Å². The quantitative estimate of drug-likeness (QED) is 0.833. The van der Waals surface area contributed by atoms with E-state index in [2.05, 4.69) is 21.2 Å². The molecule has 0 aromatic heterocycles. The summed E-state index contributed by atoms with van der Waals surface area (Å²) in [6, 6.07) is 5.14. The van der Waals surface area contributed by atoms with Crippen LogP contribution in [0.25, 0.3) is 0 Å². The minimum Gasteiger partial charge on any atom is -0.456 e. The molecular weight excluding hydrogens is 310 g/mol. The van der Waals surface area contributed by atoms with Crippen LogP contribution in [0.5, 0.6) is 0 Å². The Morgan fingerprint density at radius 1 is 1.47 bits per heavy atom. The van der Waals surface area contributed by atoms with Gasteiger partial charge >= 0.3 is 5.97 Å². The fourth-order valence-electron chi connectivity index (χ4n) is 1.46. The highest BCUT2D eigenvalue weighted by molar-refractivity contribution is 9.10. The number of benzene rings is 1. The van der Waals surface area contributed by atoms with Crippen LogP contribution in [0.1, 0.15) is 38.1 Å². The van der Waals surface area contributed by atoms with Gasteiger partial charge in [-0.25, -0.2) is 4.79 Å². The first-order valence-electron chi connectivity index (χ1n) is 6.13. The van der Waals surface area contributed by atoms with Crippen LogP contribution in [0.15, 0.2) is 22.7 Å². The lowest BCUT2D eigenvalue weighted by Crippen LogP contribution is -2.26. The van der Waals surface area contributed by atoms with Gasteiger partial charge in [-0.2, -0.15) is 0 Å². The van der Waals surface area contributed by atoms with Gasteiger partial charge in [0, 0.05) is 10.5 Å². The van der Waals surface area contributed by atoms with Crippen LogP contribution in [-0.4, -0.2) is 29.3 Å². The standard InChI is InChI=1S/C14H20BrNO3/c1-9(8-17)16-12-7-10(15)5-6-11(12)13(18)19-14(2,3)4/h5-7,9,16-17H,8H2,1-4H3. The van der Waals surface area contributed by atoms with Crippen molar-refractivity contribution >= 4 is 27.6 Å². The van der Waals surface area contributed by atoms with Gasteiger partial charge in [0.1, 0.15) is 5.60 Å². The molecule has 2 N–H and O–H groups in total. The van der Waals surface area contributed by atoms with Gasteiger partial charge in [-0.05, 0) is 45.9 Å². The van der Waals surface area contributed by atoms with Crippen molar-refractivity contribution in [1.29, 1.82) is 0 Å². The summed E-state index contributed by atoms with van der Waals surface area (Å²) in [6.45, 7) is 7.30. The summed E-state index contributed by atoms with van der Waals surface area (Å²) < 4.78 is 6.22. The normalized spacial score (nSPS) is 12.9. The van der Waals surface area contributed by atoms with E-state index >= 15 is 0 Å². The molecule has 0 saturated heterocycles. The summed E-state index contributed by atoms with van der Waals surface area (Å²) >= 11 is 3.36. The van der Waals surface area contributed by atoms with E-state index in [1.807, 2.05) is 27.7 Å². The van der Waals surface area contributed by atoms with Gasteiger partial charge in [-0.15, -0.1) is 0 Å². The number of aliphatic hydroxyl groups is 1. The smallest absolute Gasteiger partial charge is 0.340 e. The van der Waals surface area contributed by atoms with Crippen LogP contribution < -0.4 is 5.32 Å². The van der Waals surface area contributed by atoms with Gasteiger partial charge in [0.2, 0.25) is 0 Å². The first-order valence-corrected chi connectivity index (χ1v) is 6.92. The van der Waals surface area contributed by atoms with Gasteiger partial charge in [0.25, 0.3) is 0 Å². The first kappa shape index (κ1) is 16.0. The first-order chi connectivity index (χ1) is 8.73. The number of ether oxygens (including phenoxy) is 1. The topological polar surface area (TPSA) is 58.6 Å². The highest BCUT2D eigenvalue weighted by Crippen LogP contribution is 2.24. The largest absolute Gasteiger partial charge is 0.456 e. The molecule has 0 aliphatic rings. The number of anilines is 1. The number of halogens is 1. The van der Waals surface area contributed by atoms with Crippen LogP contribution in [0, 0.1) is 0 Å². The maximum Gasteiger partial charge on any atom is 0.340 e. The molecular formula is C14H20BrNO3. The fraction of sp³-hybridized carbons (Fsp3) is 0.500. The molecule has 0 aliphatic carbocycles. The summed E-state index contributed by atoms with van der Waals surface area (Å²) in [6.07, 6.45) is 0. The van der Waals surface area contributed by atoms with Crippen molar-refractivity contribution in [2.45, 2.75) is 39.3 Å². The molecule has 1 unspecified atom stereocenters. The Hall–Kier alpha value is -1.07. The maximum absolute atomic E-state index is 12.1. The zero-order valence-electron chi connectivity index (χ0n) is 11.7. The molecule has 0 radical (unpaired) electrons. The third kappa shape index (κ3) is 5.20. The third-order valence-electron chi connectivity index (χ3n) is 2.28. The summed E-state index contributed by atoms with van der Waals surface area (Å²) in [5.74, 6) is -0.382. The molecule has 4 nitrogen and oxygen atoms in total. The number of rotatable bonds is 4.